The molecule has 0 saturated heterocycles. The van der Waals surface area contributed by atoms with Crippen LogP contribution in [0, 0.1) is 13.8 Å². The summed E-state index contributed by atoms with van der Waals surface area (Å²) in [6.07, 6.45) is 0.965. The first kappa shape index (κ1) is 20.8. The van der Waals surface area contributed by atoms with Gasteiger partial charge in [-0.15, -0.1) is 0 Å². The molecular weight excluding hydrogens is 346 g/mol. The van der Waals surface area contributed by atoms with Crippen molar-refractivity contribution in [1.82, 2.24) is 4.98 Å². The van der Waals surface area contributed by atoms with Gasteiger partial charge in [-0.05, 0) is 31.9 Å². The van der Waals surface area contributed by atoms with Crippen LogP contribution in [-0.2, 0) is 4.74 Å². The molecule has 0 N–H and O–H groups in total. The minimum atomic E-state index is 0.277. The smallest absolute Gasteiger partial charge is 0.223 e. The molecule has 0 amide bonds. The number of hydrogen-bond acceptors (Lipinski definition) is 6. The summed E-state index contributed by atoms with van der Waals surface area (Å²) in [5.74, 6) is 2.92. The van der Waals surface area contributed by atoms with E-state index < -0.39 is 0 Å². The second kappa shape index (κ2) is 9.46. The molecule has 0 aliphatic carbocycles. The van der Waals surface area contributed by atoms with Gasteiger partial charge in [0.2, 0.25) is 11.6 Å². The zero-order valence-electron chi connectivity index (χ0n) is 17.2. The first-order valence-corrected chi connectivity index (χ1v) is 8.93. The Morgan fingerprint density at radius 1 is 0.926 bits per heavy atom. The molecule has 0 fully saturated rings. The fraction of sp³-hybridized carbons (Fsp3) is 0.476. The molecule has 0 aliphatic heterocycles. The van der Waals surface area contributed by atoms with Crippen molar-refractivity contribution < 1.29 is 23.7 Å². The molecule has 0 bridgehead atoms. The van der Waals surface area contributed by atoms with E-state index >= 15 is 0 Å². The summed E-state index contributed by atoms with van der Waals surface area (Å²) < 4.78 is 27.8. The predicted octanol–water partition coefficient (Wildman–Crippen LogP) is 4.66. The lowest BCUT2D eigenvalue weighted by atomic mass is 9.93. The van der Waals surface area contributed by atoms with E-state index in [2.05, 4.69) is 18.0 Å². The average molecular weight is 375 g/mol. The monoisotopic (exact) mass is 375 g/mol. The number of aromatic nitrogens is 1. The van der Waals surface area contributed by atoms with E-state index in [4.69, 9.17) is 23.7 Å². The van der Waals surface area contributed by atoms with E-state index in [0.29, 0.717) is 35.5 Å². The number of aryl methyl sites for hydroxylation is 1. The molecule has 1 aromatic heterocycles. The van der Waals surface area contributed by atoms with Gasteiger partial charge < -0.3 is 23.7 Å². The maximum Gasteiger partial charge on any atom is 0.223 e. The highest BCUT2D eigenvalue weighted by atomic mass is 16.5. The third-order valence-corrected chi connectivity index (χ3v) is 4.57. The molecule has 148 valence electrons. The van der Waals surface area contributed by atoms with Crippen LogP contribution in [0.15, 0.2) is 18.2 Å². The normalized spacial score (nSPS) is 11.8. The molecule has 0 radical (unpaired) electrons. The van der Waals surface area contributed by atoms with Gasteiger partial charge in [0.25, 0.3) is 0 Å². The first-order chi connectivity index (χ1) is 13.0. The van der Waals surface area contributed by atoms with Crippen LogP contribution in [0.2, 0.25) is 0 Å². The van der Waals surface area contributed by atoms with Gasteiger partial charge in [-0.2, -0.15) is 0 Å². The third-order valence-electron chi connectivity index (χ3n) is 4.57. The number of benzene rings is 1. The Labute approximate surface area is 161 Å². The summed E-state index contributed by atoms with van der Waals surface area (Å²) in [5, 5.41) is 0. The number of hydrogen-bond donors (Lipinski definition) is 0. The Hall–Kier alpha value is -2.47. The van der Waals surface area contributed by atoms with Gasteiger partial charge in [-0.3, -0.25) is 0 Å². The Bertz CT molecular complexity index is 750. The Balaban J connectivity index is 2.53. The quantitative estimate of drug-likeness (QED) is 0.635. The maximum atomic E-state index is 6.19. The molecule has 27 heavy (non-hydrogen) atoms. The van der Waals surface area contributed by atoms with E-state index in [1.54, 1.807) is 40.6 Å². The zero-order chi connectivity index (χ0) is 20.0. The summed E-state index contributed by atoms with van der Waals surface area (Å²) in [7, 11) is 6.47. The second-order valence-corrected chi connectivity index (χ2v) is 6.31. The molecular formula is C21H29NO5. The first-order valence-electron chi connectivity index (χ1n) is 8.93. The number of nitrogens with zero attached hydrogens (tertiary/aromatic N) is 1. The lowest BCUT2D eigenvalue weighted by Crippen LogP contribution is -2.09. The molecule has 0 saturated carbocycles. The summed E-state index contributed by atoms with van der Waals surface area (Å²) in [5.41, 5.74) is 3.03. The fourth-order valence-electron chi connectivity index (χ4n) is 3.06. The van der Waals surface area contributed by atoms with Crippen molar-refractivity contribution in [3.8, 4) is 28.9 Å². The lowest BCUT2D eigenvalue weighted by molar-refractivity contribution is 0.177. The van der Waals surface area contributed by atoms with Crippen molar-refractivity contribution in [2.75, 3.05) is 35.0 Å². The van der Waals surface area contributed by atoms with E-state index in [0.717, 1.165) is 17.7 Å². The standard InChI is InChI=1S/C21H29NO5/c1-8-15(12-23-4)17-9-13(2)22-21(14(17)3)27-20-18(25-6)10-16(24-5)11-19(20)26-7/h9-11,15H,8,12H2,1-7H3. The summed E-state index contributed by atoms with van der Waals surface area (Å²) in [6.45, 7) is 6.76. The van der Waals surface area contributed by atoms with Gasteiger partial charge in [0.1, 0.15) is 5.75 Å². The molecule has 0 aliphatic rings. The van der Waals surface area contributed by atoms with Crippen LogP contribution in [0.4, 0.5) is 0 Å². The Kier molecular flexibility index (Phi) is 7.30. The molecule has 0 spiro atoms. The number of rotatable bonds is 9. The maximum absolute atomic E-state index is 6.19. The van der Waals surface area contributed by atoms with Crippen LogP contribution in [0.5, 0.6) is 28.9 Å². The van der Waals surface area contributed by atoms with Crippen LogP contribution >= 0.6 is 0 Å². The molecule has 6 heteroatoms. The highest BCUT2D eigenvalue weighted by Gasteiger charge is 2.21. The predicted molar refractivity (Wildman–Crippen MR) is 105 cm³/mol. The minimum absolute atomic E-state index is 0.277. The van der Waals surface area contributed by atoms with Crippen molar-refractivity contribution >= 4 is 0 Å². The highest BCUT2D eigenvalue weighted by molar-refractivity contribution is 5.57. The highest BCUT2D eigenvalue weighted by Crippen LogP contribution is 2.44. The topological polar surface area (TPSA) is 59.0 Å². The van der Waals surface area contributed by atoms with Crippen molar-refractivity contribution in [1.29, 1.82) is 0 Å². The van der Waals surface area contributed by atoms with E-state index in [1.807, 2.05) is 13.8 Å². The third kappa shape index (κ3) is 4.63. The minimum Gasteiger partial charge on any atom is -0.496 e. The molecule has 2 rings (SSSR count). The van der Waals surface area contributed by atoms with Crippen LogP contribution < -0.4 is 18.9 Å². The van der Waals surface area contributed by atoms with E-state index in [1.165, 1.54) is 5.56 Å². The SMILES string of the molecule is CCC(COC)c1cc(C)nc(Oc2c(OC)cc(OC)cc2OC)c1C. The van der Waals surface area contributed by atoms with Crippen LogP contribution in [0.3, 0.4) is 0 Å². The number of ether oxygens (including phenoxy) is 5. The lowest BCUT2D eigenvalue weighted by Gasteiger charge is -2.21. The fourth-order valence-corrected chi connectivity index (χ4v) is 3.06. The van der Waals surface area contributed by atoms with Gasteiger partial charge in [-0.25, -0.2) is 4.98 Å². The van der Waals surface area contributed by atoms with Crippen molar-refractivity contribution in [2.24, 2.45) is 0 Å². The molecule has 1 atom stereocenters. The van der Waals surface area contributed by atoms with Crippen LogP contribution in [-0.4, -0.2) is 40.0 Å². The van der Waals surface area contributed by atoms with Gasteiger partial charge in [0.15, 0.2) is 11.5 Å². The summed E-state index contributed by atoms with van der Waals surface area (Å²) in [6, 6.07) is 5.60. The van der Waals surface area contributed by atoms with Gasteiger partial charge in [0, 0.05) is 36.4 Å². The largest absolute Gasteiger partial charge is 0.496 e. The number of methoxy groups -OCH3 is 4. The zero-order valence-corrected chi connectivity index (χ0v) is 17.2. The Morgan fingerprint density at radius 2 is 1.56 bits per heavy atom. The molecule has 6 nitrogen and oxygen atoms in total. The molecule has 2 aromatic rings. The summed E-state index contributed by atoms with van der Waals surface area (Å²) >= 11 is 0. The number of pyridine rings is 1. The van der Waals surface area contributed by atoms with Gasteiger partial charge in [-0.1, -0.05) is 6.92 Å². The van der Waals surface area contributed by atoms with E-state index in [9.17, 15) is 0 Å². The van der Waals surface area contributed by atoms with Gasteiger partial charge in [0.05, 0.1) is 27.9 Å². The van der Waals surface area contributed by atoms with Crippen molar-refractivity contribution in [2.45, 2.75) is 33.1 Å². The average Bonchev–Trinajstić information content (AvgIpc) is 2.68. The van der Waals surface area contributed by atoms with Crippen molar-refractivity contribution in [3.05, 3.63) is 35.0 Å². The van der Waals surface area contributed by atoms with Gasteiger partial charge >= 0.3 is 0 Å². The Morgan fingerprint density at radius 3 is 2.04 bits per heavy atom. The van der Waals surface area contributed by atoms with Crippen LogP contribution in [0.25, 0.3) is 0 Å². The summed E-state index contributed by atoms with van der Waals surface area (Å²) in [4.78, 5) is 4.59. The van der Waals surface area contributed by atoms with Crippen LogP contribution in [0.1, 0.15) is 36.1 Å². The molecule has 1 aromatic carbocycles. The molecule has 1 heterocycles. The van der Waals surface area contributed by atoms with E-state index in [-0.39, 0.29) is 5.92 Å². The second-order valence-electron chi connectivity index (χ2n) is 6.31. The van der Waals surface area contributed by atoms with Crippen molar-refractivity contribution in [3.63, 3.8) is 0 Å². The molecule has 1 unspecified atom stereocenters.